The van der Waals surface area contributed by atoms with Gasteiger partial charge in [-0.15, -0.1) is 0 Å². The molecule has 0 aromatic heterocycles. The number of rotatable bonds is 9. The largest absolute Gasteiger partial charge is 0.378 e. The monoisotopic (exact) mass is 361 g/mol. The number of unbranched alkanes of at least 4 members (excludes halogenated alkanes) is 1. The smallest absolute Gasteiger partial charge is 0.101 e. The SMILES string of the molecule is CCCCOC1CC(C(C)C)N(OC(C)c2ccccc2)C(C(C)C)C1. The lowest BCUT2D eigenvalue weighted by Gasteiger charge is -2.48. The van der Waals surface area contributed by atoms with Gasteiger partial charge in [-0.1, -0.05) is 71.4 Å². The Morgan fingerprint density at radius 1 is 0.962 bits per heavy atom. The van der Waals surface area contributed by atoms with E-state index in [1.807, 2.05) is 0 Å². The maximum Gasteiger partial charge on any atom is 0.101 e. The van der Waals surface area contributed by atoms with Gasteiger partial charge in [0, 0.05) is 18.7 Å². The van der Waals surface area contributed by atoms with Gasteiger partial charge in [-0.2, -0.15) is 5.06 Å². The highest BCUT2D eigenvalue weighted by Crippen LogP contribution is 2.35. The van der Waals surface area contributed by atoms with Crippen molar-refractivity contribution >= 4 is 0 Å². The van der Waals surface area contributed by atoms with Crippen LogP contribution >= 0.6 is 0 Å². The molecule has 0 spiro atoms. The number of piperidine rings is 1. The summed E-state index contributed by atoms with van der Waals surface area (Å²) in [7, 11) is 0. The Balaban J connectivity index is 2.12. The van der Waals surface area contributed by atoms with Gasteiger partial charge in [-0.3, -0.25) is 4.84 Å². The lowest BCUT2D eigenvalue weighted by Crippen LogP contribution is -2.55. The molecule has 3 heteroatoms. The lowest BCUT2D eigenvalue weighted by molar-refractivity contribution is -0.280. The lowest BCUT2D eigenvalue weighted by atomic mass is 9.84. The van der Waals surface area contributed by atoms with E-state index >= 15 is 0 Å². The number of hydrogen-bond donors (Lipinski definition) is 0. The normalized spacial score (nSPS) is 25.8. The van der Waals surface area contributed by atoms with Crippen molar-refractivity contribution in [3.63, 3.8) is 0 Å². The number of ether oxygens (including phenoxy) is 1. The molecule has 0 N–H and O–H groups in total. The molecule has 0 saturated carbocycles. The molecule has 0 bridgehead atoms. The highest BCUT2D eigenvalue weighted by molar-refractivity contribution is 5.16. The third-order valence-electron chi connectivity index (χ3n) is 5.60. The molecule has 0 radical (unpaired) electrons. The first-order chi connectivity index (χ1) is 12.4. The van der Waals surface area contributed by atoms with E-state index in [-0.39, 0.29) is 6.10 Å². The van der Waals surface area contributed by atoms with Crippen LogP contribution in [0.2, 0.25) is 0 Å². The minimum Gasteiger partial charge on any atom is -0.378 e. The molecular formula is C23H39NO2. The Morgan fingerprint density at radius 2 is 1.54 bits per heavy atom. The summed E-state index contributed by atoms with van der Waals surface area (Å²) >= 11 is 0. The topological polar surface area (TPSA) is 21.7 Å². The summed E-state index contributed by atoms with van der Waals surface area (Å²) in [5.41, 5.74) is 1.24. The van der Waals surface area contributed by atoms with E-state index in [0.717, 1.165) is 25.9 Å². The molecule has 3 unspecified atom stereocenters. The molecule has 1 heterocycles. The summed E-state index contributed by atoms with van der Waals surface area (Å²) in [5.74, 6) is 1.08. The summed E-state index contributed by atoms with van der Waals surface area (Å²) < 4.78 is 6.24. The average Bonchev–Trinajstić information content (AvgIpc) is 2.63. The standard InChI is InChI=1S/C23H39NO2/c1-7-8-14-25-21-15-22(17(2)3)24(23(16-21)18(4)5)26-19(6)20-12-10-9-11-13-20/h9-13,17-19,21-23H,7-8,14-16H2,1-6H3. The minimum atomic E-state index is 0.0660. The van der Waals surface area contributed by atoms with Crippen LogP contribution < -0.4 is 0 Å². The molecule has 148 valence electrons. The van der Waals surface area contributed by atoms with E-state index in [1.165, 1.54) is 12.0 Å². The van der Waals surface area contributed by atoms with Crippen LogP contribution in [-0.2, 0) is 9.57 Å². The van der Waals surface area contributed by atoms with Gasteiger partial charge in [0.1, 0.15) is 6.10 Å². The molecular weight excluding hydrogens is 322 g/mol. The first-order valence-electron chi connectivity index (χ1n) is 10.6. The van der Waals surface area contributed by atoms with Crippen LogP contribution in [0.4, 0.5) is 0 Å². The van der Waals surface area contributed by atoms with E-state index in [2.05, 4.69) is 76.9 Å². The summed E-state index contributed by atoms with van der Waals surface area (Å²) in [5, 5.41) is 2.33. The zero-order valence-corrected chi connectivity index (χ0v) is 17.7. The van der Waals surface area contributed by atoms with Gasteiger partial charge in [-0.25, -0.2) is 0 Å². The van der Waals surface area contributed by atoms with E-state index in [1.54, 1.807) is 0 Å². The molecule has 1 aromatic rings. The second-order valence-electron chi connectivity index (χ2n) is 8.46. The molecule has 1 saturated heterocycles. The van der Waals surface area contributed by atoms with E-state index in [9.17, 15) is 0 Å². The summed E-state index contributed by atoms with van der Waals surface area (Å²) in [6.07, 6.45) is 4.89. The fourth-order valence-electron chi connectivity index (χ4n) is 3.87. The zero-order chi connectivity index (χ0) is 19.1. The molecule has 3 nitrogen and oxygen atoms in total. The maximum atomic E-state index is 6.58. The molecule has 1 aromatic carbocycles. The van der Waals surface area contributed by atoms with Gasteiger partial charge in [0.2, 0.25) is 0 Å². The molecule has 26 heavy (non-hydrogen) atoms. The Labute approximate surface area is 161 Å². The van der Waals surface area contributed by atoms with Crippen molar-refractivity contribution in [2.24, 2.45) is 11.8 Å². The van der Waals surface area contributed by atoms with Gasteiger partial charge >= 0.3 is 0 Å². The van der Waals surface area contributed by atoms with Gasteiger partial charge in [0.25, 0.3) is 0 Å². The van der Waals surface area contributed by atoms with Gasteiger partial charge in [0.15, 0.2) is 0 Å². The average molecular weight is 362 g/mol. The third kappa shape index (κ3) is 5.80. The number of nitrogens with zero attached hydrogens (tertiary/aromatic N) is 1. The van der Waals surface area contributed by atoms with Crippen LogP contribution in [0.15, 0.2) is 30.3 Å². The molecule has 2 rings (SSSR count). The van der Waals surface area contributed by atoms with Crippen molar-refractivity contribution in [3.05, 3.63) is 35.9 Å². The van der Waals surface area contributed by atoms with Crippen LogP contribution in [0.3, 0.4) is 0 Å². The fraction of sp³-hybridized carbons (Fsp3) is 0.739. The molecule has 1 aliphatic heterocycles. The molecule has 1 aliphatic rings. The Morgan fingerprint density at radius 3 is 2.04 bits per heavy atom. The molecule has 0 amide bonds. The van der Waals surface area contributed by atoms with Crippen LogP contribution in [-0.4, -0.2) is 29.9 Å². The minimum absolute atomic E-state index is 0.0660. The fourth-order valence-corrected chi connectivity index (χ4v) is 3.87. The van der Waals surface area contributed by atoms with Crippen molar-refractivity contribution in [3.8, 4) is 0 Å². The Bertz CT molecular complexity index is 484. The van der Waals surface area contributed by atoms with E-state index in [0.29, 0.717) is 30.0 Å². The Hall–Kier alpha value is -0.900. The van der Waals surface area contributed by atoms with Crippen LogP contribution in [0.5, 0.6) is 0 Å². The van der Waals surface area contributed by atoms with Crippen molar-refractivity contribution < 1.29 is 9.57 Å². The van der Waals surface area contributed by atoms with Crippen LogP contribution in [0, 0.1) is 11.8 Å². The predicted molar refractivity (Wildman–Crippen MR) is 109 cm³/mol. The molecule has 0 aliphatic carbocycles. The summed E-state index contributed by atoms with van der Waals surface area (Å²) in [4.78, 5) is 6.58. The zero-order valence-electron chi connectivity index (χ0n) is 17.7. The van der Waals surface area contributed by atoms with Gasteiger partial charge in [-0.05, 0) is 43.6 Å². The van der Waals surface area contributed by atoms with Crippen molar-refractivity contribution in [2.75, 3.05) is 6.61 Å². The predicted octanol–water partition coefficient (Wildman–Crippen LogP) is 6.01. The van der Waals surface area contributed by atoms with Crippen LogP contribution in [0.25, 0.3) is 0 Å². The Kier molecular flexibility index (Phi) is 8.59. The number of hydroxylamine groups is 2. The van der Waals surface area contributed by atoms with Crippen molar-refractivity contribution in [2.45, 2.75) is 91.5 Å². The highest BCUT2D eigenvalue weighted by Gasteiger charge is 2.40. The van der Waals surface area contributed by atoms with Gasteiger partial charge in [0.05, 0.1) is 6.10 Å². The van der Waals surface area contributed by atoms with Crippen molar-refractivity contribution in [1.82, 2.24) is 5.06 Å². The molecule has 1 fully saturated rings. The molecule has 3 atom stereocenters. The first kappa shape index (κ1) is 21.4. The summed E-state index contributed by atoms with van der Waals surface area (Å²) in [6.45, 7) is 14.5. The van der Waals surface area contributed by atoms with Crippen LogP contribution in [0.1, 0.15) is 78.9 Å². The second kappa shape index (κ2) is 10.4. The first-order valence-corrected chi connectivity index (χ1v) is 10.6. The quantitative estimate of drug-likeness (QED) is 0.503. The van der Waals surface area contributed by atoms with Gasteiger partial charge < -0.3 is 4.74 Å². The maximum absolute atomic E-state index is 6.58. The highest BCUT2D eigenvalue weighted by atomic mass is 16.7. The summed E-state index contributed by atoms with van der Waals surface area (Å²) in [6, 6.07) is 11.3. The number of hydrogen-bond acceptors (Lipinski definition) is 3. The van der Waals surface area contributed by atoms with Crippen molar-refractivity contribution in [1.29, 1.82) is 0 Å². The number of benzene rings is 1. The third-order valence-corrected chi connectivity index (χ3v) is 5.60. The van der Waals surface area contributed by atoms with E-state index in [4.69, 9.17) is 9.57 Å². The van der Waals surface area contributed by atoms with E-state index < -0.39 is 0 Å². The second-order valence-corrected chi connectivity index (χ2v) is 8.46.